The van der Waals surface area contributed by atoms with E-state index in [1.165, 1.54) is 6.07 Å². The summed E-state index contributed by atoms with van der Waals surface area (Å²) in [6, 6.07) is 11.6. The largest absolute Gasteiger partial charge is 0.494 e. The van der Waals surface area contributed by atoms with Gasteiger partial charge in [-0.2, -0.15) is 0 Å². The van der Waals surface area contributed by atoms with E-state index in [-0.39, 0.29) is 16.6 Å². The molecule has 2 aromatic rings. The molecule has 2 rings (SSSR count). The normalized spacial score (nSPS) is 10.1. The first-order valence-corrected chi connectivity index (χ1v) is 8.51. The molecule has 0 unspecified atom stereocenters. The Balaban J connectivity index is 2.00. The molecule has 0 fully saturated rings. The van der Waals surface area contributed by atoms with E-state index in [0.717, 1.165) is 6.42 Å². The fraction of sp³-hybridized carbons (Fsp3) is 0.211. The van der Waals surface area contributed by atoms with Gasteiger partial charge in [-0.15, -0.1) is 0 Å². The molecule has 0 aliphatic rings. The Morgan fingerprint density at radius 1 is 1.15 bits per heavy atom. The molecule has 1 amide bonds. The monoisotopic (exact) mass is 372 g/mol. The summed E-state index contributed by atoms with van der Waals surface area (Å²) in [6.45, 7) is 4.31. The van der Waals surface area contributed by atoms with Crippen LogP contribution in [0, 0.1) is 6.92 Å². The molecule has 0 aliphatic carbocycles. The Labute approximate surface area is 157 Å². The molecule has 7 heteroatoms. The van der Waals surface area contributed by atoms with E-state index in [1.807, 2.05) is 6.92 Å². The Morgan fingerprint density at radius 2 is 1.85 bits per heavy atom. The molecule has 0 saturated heterocycles. The van der Waals surface area contributed by atoms with Gasteiger partial charge in [-0.05, 0) is 67.5 Å². The van der Waals surface area contributed by atoms with Crippen LogP contribution in [-0.4, -0.2) is 28.7 Å². The number of aromatic carboxylic acids is 1. The first-order valence-electron chi connectivity index (χ1n) is 8.10. The highest BCUT2D eigenvalue weighted by atomic mass is 32.1. The predicted octanol–water partition coefficient (Wildman–Crippen LogP) is 3.61. The second-order valence-corrected chi connectivity index (χ2v) is 5.97. The van der Waals surface area contributed by atoms with Gasteiger partial charge in [-0.3, -0.25) is 10.1 Å². The number of carboxylic acid groups (broad SMARTS) is 1. The van der Waals surface area contributed by atoms with Gasteiger partial charge in [0.1, 0.15) is 5.75 Å². The van der Waals surface area contributed by atoms with Crippen molar-refractivity contribution in [2.75, 3.05) is 11.9 Å². The van der Waals surface area contributed by atoms with Crippen LogP contribution in [0.4, 0.5) is 5.69 Å². The summed E-state index contributed by atoms with van der Waals surface area (Å²) >= 11 is 5.15. The zero-order chi connectivity index (χ0) is 19.1. The maximum atomic E-state index is 12.3. The fourth-order valence-electron chi connectivity index (χ4n) is 2.25. The topological polar surface area (TPSA) is 87.7 Å². The molecule has 0 bridgehead atoms. The molecule has 0 aromatic heterocycles. The predicted molar refractivity (Wildman–Crippen MR) is 104 cm³/mol. The number of thiocarbonyl (C=S) groups is 1. The molecule has 26 heavy (non-hydrogen) atoms. The minimum atomic E-state index is -1.02. The average molecular weight is 372 g/mol. The standard InChI is InChI=1S/C19H20N2O4S/c1-3-11-25-14-9-7-13(8-10-14)17(22)21-19(26)20-16-6-4-5-15(12(16)2)18(23)24/h4-10H,3,11H2,1-2H3,(H,23,24)(H2,20,21,22,26). The lowest BCUT2D eigenvalue weighted by atomic mass is 10.1. The second kappa shape index (κ2) is 8.96. The number of nitrogens with one attached hydrogen (secondary N) is 2. The highest BCUT2D eigenvalue weighted by Gasteiger charge is 2.12. The minimum Gasteiger partial charge on any atom is -0.494 e. The maximum Gasteiger partial charge on any atom is 0.336 e. The first kappa shape index (κ1) is 19.4. The molecular weight excluding hydrogens is 352 g/mol. The Bertz CT molecular complexity index is 819. The third-order valence-corrected chi connectivity index (χ3v) is 3.83. The van der Waals surface area contributed by atoms with E-state index < -0.39 is 5.97 Å². The van der Waals surface area contributed by atoms with Crippen LogP contribution in [0.25, 0.3) is 0 Å². The number of ether oxygens (including phenoxy) is 1. The van der Waals surface area contributed by atoms with Crippen LogP contribution in [0.5, 0.6) is 5.75 Å². The Kier molecular flexibility index (Phi) is 6.68. The van der Waals surface area contributed by atoms with E-state index in [2.05, 4.69) is 10.6 Å². The highest BCUT2D eigenvalue weighted by molar-refractivity contribution is 7.80. The lowest BCUT2D eigenvalue weighted by Gasteiger charge is -2.13. The third-order valence-electron chi connectivity index (χ3n) is 3.63. The summed E-state index contributed by atoms with van der Waals surface area (Å²) in [4.78, 5) is 23.4. The van der Waals surface area contributed by atoms with Crippen LogP contribution in [0.15, 0.2) is 42.5 Å². The molecule has 0 spiro atoms. The van der Waals surface area contributed by atoms with Crippen molar-refractivity contribution in [3.8, 4) is 5.75 Å². The lowest BCUT2D eigenvalue weighted by Crippen LogP contribution is -2.34. The quantitative estimate of drug-likeness (QED) is 0.672. The first-order chi connectivity index (χ1) is 12.4. The molecule has 0 atom stereocenters. The highest BCUT2D eigenvalue weighted by Crippen LogP contribution is 2.19. The number of carbonyl (C=O) groups is 2. The smallest absolute Gasteiger partial charge is 0.336 e. The molecule has 0 aliphatic heterocycles. The molecule has 6 nitrogen and oxygen atoms in total. The number of anilines is 1. The fourth-order valence-corrected chi connectivity index (χ4v) is 2.46. The third kappa shape index (κ3) is 5.03. The van der Waals surface area contributed by atoms with Gasteiger partial charge < -0.3 is 15.2 Å². The van der Waals surface area contributed by atoms with E-state index in [0.29, 0.717) is 29.2 Å². The molecular formula is C19H20N2O4S. The van der Waals surface area contributed by atoms with Gasteiger partial charge in [0, 0.05) is 11.3 Å². The number of benzene rings is 2. The molecule has 3 N–H and O–H groups in total. The summed E-state index contributed by atoms with van der Waals surface area (Å²) < 4.78 is 5.48. The van der Waals surface area contributed by atoms with Crippen molar-refractivity contribution in [1.29, 1.82) is 0 Å². The van der Waals surface area contributed by atoms with Gasteiger partial charge in [0.2, 0.25) is 0 Å². The van der Waals surface area contributed by atoms with Gasteiger partial charge in [-0.1, -0.05) is 13.0 Å². The van der Waals surface area contributed by atoms with Gasteiger partial charge in [0.05, 0.1) is 12.2 Å². The van der Waals surface area contributed by atoms with Crippen molar-refractivity contribution < 1.29 is 19.4 Å². The van der Waals surface area contributed by atoms with Crippen molar-refractivity contribution in [3.63, 3.8) is 0 Å². The number of rotatable bonds is 6. The van der Waals surface area contributed by atoms with E-state index in [1.54, 1.807) is 43.3 Å². The van der Waals surface area contributed by atoms with Crippen LogP contribution >= 0.6 is 12.2 Å². The summed E-state index contributed by atoms with van der Waals surface area (Å²) in [5.74, 6) is -0.687. The van der Waals surface area contributed by atoms with Crippen LogP contribution < -0.4 is 15.4 Å². The zero-order valence-electron chi connectivity index (χ0n) is 14.5. The van der Waals surface area contributed by atoms with Gasteiger partial charge in [0.25, 0.3) is 5.91 Å². The van der Waals surface area contributed by atoms with Crippen molar-refractivity contribution >= 4 is 34.9 Å². The number of amides is 1. The SMILES string of the molecule is CCCOc1ccc(C(=O)NC(=S)Nc2cccc(C(=O)O)c2C)cc1. The van der Waals surface area contributed by atoms with Crippen molar-refractivity contribution in [1.82, 2.24) is 5.32 Å². The summed E-state index contributed by atoms with van der Waals surface area (Å²) in [6.07, 6.45) is 0.907. The van der Waals surface area contributed by atoms with Crippen LogP contribution in [0.1, 0.15) is 39.6 Å². The summed E-state index contributed by atoms with van der Waals surface area (Å²) in [5, 5.41) is 14.7. The van der Waals surface area contributed by atoms with Crippen molar-refractivity contribution in [2.24, 2.45) is 0 Å². The molecule has 0 saturated carbocycles. The number of carbonyl (C=O) groups excluding carboxylic acids is 1. The van der Waals surface area contributed by atoms with Crippen LogP contribution in [0.3, 0.4) is 0 Å². The molecule has 136 valence electrons. The molecule has 0 radical (unpaired) electrons. The molecule has 0 heterocycles. The average Bonchev–Trinajstić information content (AvgIpc) is 2.61. The zero-order valence-corrected chi connectivity index (χ0v) is 15.4. The number of hydrogen-bond acceptors (Lipinski definition) is 4. The Morgan fingerprint density at radius 3 is 2.46 bits per heavy atom. The van der Waals surface area contributed by atoms with E-state index in [4.69, 9.17) is 22.1 Å². The van der Waals surface area contributed by atoms with Gasteiger partial charge in [0.15, 0.2) is 5.11 Å². The van der Waals surface area contributed by atoms with Crippen molar-refractivity contribution in [2.45, 2.75) is 20.3 Å². The van der Waals surface area contributed by atoms with Gasteiger partial charge >= 0.3 is 5.97 Å². The van der Waals surface area contributed by atoms with Crippen LogP contribution in [0.2, 0.25) is 0 Å². The Hall–Kier alpha value is -2.93. The van der Waals surface area contributed by atoms with E-state index >= 15 is 0 Å². The van der Waals surface area contributed by atoms with Crippen molar-refractivity contribution in [3.05, 3.63) is 59.2 Å². The maximum absolute atomic E-state index is 12.3. The van der Waals surface area contributed by atoms with Crippen LogP contribution in [-0.2, 0) is 0 Å². The van der Waals surface area contributed by atoms with Gasteiger partial charge in [-0.25, -0.2) is 4.79 Å². The second-order valence-electron chi connectivity index (χ2n) is 5.56. The number of carboxylic acids is 1. The summed E-state index contributed by atoms with van der Waals surface area (Å²) in [7, 11) is 0. The molecule has 2 aromatic carbocycles. The minimum absolute atomic E-state index is 0.0898. The summed E-state index contributed by atoms with van der Waals surface area (Å²) in [5.41, 5.74) is 1.67. The lowest BCUT2D eigenvalue weighted by molar-refractivity contribution is 0.0696. The number of hydrogen-bond donors (Lipinski definition) is 3. The van der Waals surface area contributed by atoms with E-state index in [9.17, 15) is 9.59 Å².